The van der Waals surface area contributed by atoms with Crippen molar-refractivity contribution in [3.8, 4) is 10.6 Å². The average molecular weight is 293 g/mol. The first-order chi connectivity index (χ1) is 8.38. The molecule has 2 aromatic heterocycles. The van der Waals surface area contributed by atoms with E-state index in [-0.39, 0.29) is 5.69 Å². The topological polar surface area (TPSA) is 65.9 Å². The zero-order valence-electron chi connectivity index (χ0n) is 8.47. The fraction of sp³-hybridized carbons (Fsp3) is 0.111. The van der Waals surface area contributed by atoms with Crippen molar-refractivity contribution < 1.29 is 21.9 Å². The molecular weight excluding hydrogens is 289 g/mol. The molecule has 0 fully saturated rings. The van der Waals surface area contributed by atoms with Crippen LogP contribution >= 0.6 is 11.3 Å². The second kappa shape index (κ2) is 4.75. The molecule has 0 saturated carbocycles. The van der Waals surface area contributed by atoms with Gasteiger partial charge in [0.15, 0.2) is 0 Å². The van der Waals surface area contributed by atoms with E-state index in [0.717, 1.165) is 17.4 Å². The zero-order chi connectivity index (χ0) is 13.3. The van der Waals surface area contributed by atoms with Crippen molar-refractivity contribution in [1.82, 2.24) is 9.97 Å². The molecule has 9 heteroatoms. The number of rotatable bonds is 2. The molecule has 1 atom stereocenters. The van der Waals surface area contributed by atoms with Crippen molar-refractivity contribution in [2.24, 2.45) is 0 Å². The van der Waals surface area contributed by atoms with E-state index >= 15 is 0 Å². The van der Waals surface area contributed by atoms with Crippen LogP contribution in [0.1, 0.15) is 5.69 Å². The summed E-state index contributed by atoms with van der Waals surface area (Å²) in [6.07, 6.45) is -4.72. The van der Waals surface area contributed by atoms with E-state index < -0.39 is 28.1 Å². The third-order valence-corrected chi connectivity index (χ3v) is 3.29. The van der Waals surface area contributed by atoms with Crippen molar-refractivity contribution in [1.29, 1.82) is 0 Å². The summed E-state index contributed by atoms with van der Waals surface area (Å²) in [7, 11) is 0. The molecule has 18 heavy (non-hydrogen) atoms. The van der Waals surface area contributed by atoms with Crippen molar-refractivity contribution in [2.75, 3.05) is 0 Å². The monoisotopic (exact) mass is 293 g/mol. The lowest BCUT2D eigenvalue weighted by Crippen LogP contribution is -2.12. The Morgan fingerprint density at radius 2 is 2.06 bits per heavy atom. The molecule has 0 aliphatic heterocycles. The smallest absolute Gasteiger partial charge is 0.433 e. The molecule has 0 amide bonds. The van der Waals surface area contributed by atoms with Crippen molar-refractivity contribution >= 4 is 22.4 Å². The first-order valence-electron chi connectivity index (χ1n) is 4.47. The minimum Gasteiger partial charge on any atom is -0.766 e. The molecule has 96 valence electrons. The number of thiophene rings is 1. The summed E-state index contributed by atoms with van der Waals surface area (Å²) >= 11 is -1.76. The highest BCUT2D eigenvalue weighted by atomic mass is 32.2. The Hall–Kier alpha value is -1.32. The number of halogens is 3. The van der Waals surface area contributed by atoms with Gasteiger partial charge < -0.3 is 4.55 Å². The summed E-state index contributed by atoms with van der Waals surface area (Å²) < 4.78 is 59.1. The molecule has 0 aromatic carbocycles. The summed E-state index contributed by atoms with van der Waals surface area (Å²) in [4.78, 5) is 6.98. The molecule has 1 unspecified atom stereocenters. The molecule has 0 radical (unpaired) electrons. The fourth-order valence-electron chi connectivity index (χ4n) is 1.20. The number of alkyl halides is 3. The van der Waals surface area contributed by atoms with Gasteiger partial charge >= 0.3 is 6.18 Å². The summed E-state index contributed by atoms with van der Waals surface area (Å²) in [6.45, 7) is 0. The van der Waals surface area contributed by atoms with Crippen LogP contribution in [-0.4, -0.2) is 18.7 Å². The van der Waals surface area contributed by atoms with Gasteiger partial charge in [-0.3, -0.25) is 4.21 Å². The first-order valence-corrected chi connectivity index (χ1v) is 6.43. The predicted molar refractivity (Wildman–Crippen MR) is 57.5 cm³/mol. The molecule has 0 N–H and O–H groups in total. The Bertz CT molecular complexity index is 584. The predicted octanol–water partition coefficient (Wildman–Crippen LogP) is 2.46. The normalized spacial score (nSPS) is 13.6. The van der Waals surface area contributed by atoms with E-state index in [4.69, 9.17) is 0 Å². The molecule has 4 nitrogen and oxygen atoms in total. The molecular formula is C9H4F3N2O2S2-. The number of aromatic nitrogens is 2. The molecule has 2 rings (SSSR count). The maximum absolute atomic E-state index is 12.6. The Balaban J connectivity index is 2.61. The van der Waals surface area contributed by atoms with Crippen LogP contribution in [-0.2, 0) is 17.3 Å². The van der Waals surface area contributed by atoms with Crippen molar-refractivity contribution in [2.45, 2.75) is 11.3 Å². The maximum atomic E-state index is 12.6. The van der Waals surface area contributed by atoms with E-state index in [1.54, 1.807) is 17.5 Å². The van der Waals surface area contributed by atoms with Crippen LogP contribution < -0.4 is 0 Å². The molecule has 2 heterocycles. The SMILES string of the molecule is O=S([O-])c1nc(-c2cccs2)cc(C(F)(F)F)n1. The Morgan fingerprint density at radius 1 is 1.33 bits per heavy atom. The van der Waals surface area contributed by atoms with Crippen molar-refractivity contribution in [3.05, 3.63) is 29.3 Å². The van der Waals surface area contributed by atoms with E-state index in [9.17, 15) is 21.9 Å². The van der Waals surface area contributed by atoms with Gasteiger partial charge in [-0.1, -0.05) is 6.07 Å². The van der Waals surface area contributed by atoms with E-state index in [1.165, 1.54) is 0 Å². The van der Waals surface area contributed by atoms with Gasteiger partial charge in [0.1, 0.15) is 5.69 Å². The van der Waals surface area contributed by atoms with Gasteiger partial charge in [-0.25, -0.2) is 9.97 Å². The van der Waals surface area contributed by atoms with Gasteiger partial charge in [0.05, 0.1) is 10.6 Å². The van der Waals surface area contributed by atoms with Crippen molar-refractivity contribution in [3.63, 3.8) is 0 Å². The maximum Gasteiger partial charge on any atom is 0.433 e. The number of nitrogens with zero attached hydrogens (tertiary/aromatic N) is 2. The van der Waals surface area contributed by atoms with Gasteiger partial charge in [-0.05, 0) is 17.5 Å². The van der Waals surface area contributed by atoms with Crippen LogP contribution in [0.5, 0.6) is 0 Å². The number of hydrogen-bond acceptors (Lipinski definition) is 5. The van der Waals surface area contributed by atoms with Crippen LogP contribution in [0.3, 0.4) is 0 Å². The minimum atomic E-state index is -4.72. The van der Waals surface area contributed by atoms with Gasteiger partial charge in [0.25, 0.3) is 0 Å². The molecule has 0 spiro atoms. The molecule has 0 aliphatic carbocycles. The van der Waals surface area contributed by atoms with Crippen LogP contribution in [0, 0.1) is 0 Å². The second-order valence-electron chi connectivity index (χ2n) is 3.13. The molecule has 0 saturated heterocycles. The third-order valence-electron chi connectivity index (χ3n) is 1.92. The highest BCUT2D eigenvalue weighted by molar-refractivity contribution is 7.78. The van der Waals surface area contributed by atoms with Gasteiger partial charge in [0.2, 0.25) is 5.16 Å². The summed E-state index contributed by atoms with van der Waals surface area (Å²) in [5, 5.41) is 0.784. The largest absolute Gasteiger partial charge is 0.766 e. The van der Waals surface area contributed by atoms with E-state index in [1.807, 2.05) is 0 Å². The lowest BCUT2D eigenvalue weighted by molar-refractivity contribution is -0.141. The summed E-state index contributed by atoms with van der Waals surface area (Å²) in [5.41, 5.74) is -1.34. The van der Waals surface area contributed by atoms with Gasteiger partial charge in [0, 0.05) is 11.1 Å². The molecule has 0 aliphatic rings. The summed E-state index contributed by atoms with van der Waals surface area (Å²) in [5.74, 6) is 0. The second-order valence-corrected chi connectivity index (χ2v) is 4.91. The van der Waals surface area contributed by atoms with E-state index in [0.29, 0.717) is 4.88 Å². The molecule has 2 aromatic rings. The quantitative estimate of drug-likeness (QED) is 0.630. The van der Waals surface area contributed by atoms with Crippen LogP contribution in [0.2, 0.25) is 0 Å². The van der Waals surface area contributed by atoms with Crippen LogP contribution in [0.4, 0.5) is 13.2 Å². The Kier molecular flexibility index (Phi) is 3.46. The summed E-state index contributed by atoms with van der Waals surface area (Å²) in [6, 6.07) is 3.90. The molecule has 0 bridgehead atoms. The Labute approximate surface area is 106 Å². The third kappa shape index (κ3) is 2.74. The van der Waals surface area contributed by atoms with Gasteiger partial charge in [-0.2, -0.15) is 13.2 Å². The van der Waals surface area contributed by atoms with Crippen LogP contribution in [0.25, 0.3) is 10.6 Å². The fourth-order valence-corrected chi connectivity index (χ4v) is 2.23. The van der Waals surface area contributed by atoms with E-state index in [2.05, 4.69) is 9.97 Å². The number of hydrogen-bond donors (Lipinski definition) is 0. The highest BCUT2D eigenvalue weighted by Crippen LogP contribution is 2.31. The first kappa shape index (κ1) is 13.1. The van der Waals surface area contributed by atoms with Gasteiger partial charge in [-0.15, -0.1) is 11.3 Å². The lowest BCUT2D eigenvalue weighted by Gasteiger charge is -2.10. The standard InChI is InChI=1S/C9H5F3N2O2S2/c10-9(11,12)7-4-5(6-2-1-3-17-6)13-8(14-7)18(15)16/h1-4H,(H,15,16)/p-1. The minimum absolute atomic E-state index is 0.0634. The zero-order valence-corrected chi connectivity index (χ0v) is 10.1. The highest BCUT2D eigenvalue weighted by Gasteiger charge is 2.34. The van der Waals surface area contributed by atoms with Crippen LogP contribution in [0.15, 0.2) is 28.7 Å². The Morgan fingerprint density at radius 3 is 2.56 bits per heavy atom. The average Bonchev–Trinajstić information content (AvgIpc) is 2.80. The lowest BCUT2D eigenvalue weighted by atomic mass is 10.3.